The topological polar surface area (TPSA) is 155 Å². The van der Waals surface area contributed by atoms with E-state index in [0.29, 0.717) is 12.8 Å². The number of benzene rings is 1. The van der Waals surface area contributed by atoms with E-state index in [1.165, 1.54) is 6.08 Å². The van der Waals surface area contributed by atoms with Gasteiger partial charge in [-0.05, 0) is 56.4 Å². The van der Waals surface area contributed by atoms with Crippen LogP contribution in [-0.4, -0.2) is 67.4 Å². The van der Waals surface area contributed by atoms with Crippen molar-refractivity contribution in [2.75, 3.05) is 12.4 Å². The summed E-state index contributed by atoms with van der Waals surface area (Å²) < 4.78 is 97.8. The van der Waals surface area contributed by atoms with E-state index in [-0.39, 0.29) is 17.7 Å². The third kappa shape index (κ3) is 5.87. The summed E-state index contributed by atoms with van der Waals surface area (Å²) in [5.74, 6) is -7.61. The first-order valence-corrected chi connectivity index (χ1v) is 14.5. The molecule has 2 bridgehead atoms. The Hall–Kier alpha value is -3.33. The predicted molar refractivity (Wildman–Crippen MR) is 128 cm³/mol. The minimum atomic E-state index is -5.02. The van der Waals surface area contributed by atoms with Crippen molar-refractivity contribution in [3.63, 3.8) is 0 Å². The number of rotatable bonds is 10. The van der Waals surface area contributed by atoms with Gasteiger partial charge in [0.05, 0.1) is 33.3 Å². The first kappa shape index (κ1) is 29.2. The molecule has 0 radical (unpaired) electrons. The van der Waals surface area contributed by atoms with Gasteiger partial charge in [-0.15, -0.1) is 13.2 Å². The summed E-state index contributed by atoms with van der Waals surface area (Å²) in [6.07, 6.45) is -2.58. The summed E-state index contributed by atoms with van der Waals surface area (Å²) in [4.78, 5) is 38.5. The number of alkyl halides is 3. The van der Waals surface area contributed by atoms with Crippen LogP contribution in [0.25, 0.3) is 0 Å². The van der Waals surface area contributed by atoms with Crippen LogP contribution < -0.4 is 9.47 Å². The first-order chi connectivity index (χ1) is 19.2. The molecule has 6 atom stereocenters. The highest BCUT2D eigenvalue weighted by Crippen LogP contribution is 2.59. The molecule has 1 aliphatic heterocycles. The van der Waals surface area contributed by atoms with Crippen molar-refractivity contribution in [2.24, 2.45) is 23.7 Å². The fourth-order valence-electron chi connectivity index (χ4n) is 6.47. The Morgan fingerprint density at radius 3 is 2.51 bits per heavy atom. The minimum absolute atomic E-state index is 0.171. The highest BCUT2D eigenvalue weighted by Gasteiger charge is 2.70. The Bertz CT molecular complexity index is 1350. The Labute approximate surface area is 232 Å². The van der Waals surface area contributed by atoms with Gasteiger partial charge in [-0.25, -0.2) is 13.2 Å². The predicted octanol–water partition coefficient (Wildman–Crippen LogP) is 2.88. The fourth-order valence-corrected chi connectivity index (χ4v) is 6.75. The number of hydrogen-bond donors (Lipinski definition) is 0. The third-order valence-corrected chi connectivity index (χ3v) is 8.85. The minimum Gasteiger partial charge on any atom is -0.748 e. The molecule has 4 aliphatic rings. The van der Waals surface area contributed by atoms with E-state index in [9.17, 15) is 40.5 Å². The summed E-state index contributed by atoms with van der Waals surface area (Å²) in [5, 5.41) is 0. The second kappa shape index (κ2) is 10.5. The van der Waals surface area contributed by atoms with Crippen LogP contribution in [0.2, 0.25) is 0 Å². The fraction of sp³-hybridized carbons (Fsp3) is 0.577. The smallest absolute Gasteiger partial charge is 0.573 e. The highest BCUT2D eigenvalue weighted by molar-refractivity contribution is 7.85. The molecule has 1 aromatic carbocycles. The van der Waals surface area contributed by atoms with Gasteiger partial charge in [0.2, 0.25) is 0 Å². The molecule has 3 aliphatic carbocycles. The van der Waals surface area contributed by atoms with Crippen molar-refractivity contribution in [3.8, 4) is 11.5 Å². The SMILES string of the molecule is C=CC1(Oc2cc(C(=O)OC3C4CC5C3OC(=O)C5C4C(=O)OCCS(=O)(=O)[O-])ccc2OC(F)(F)F)CCCC1. The first-order valence-electron chi connectivity index (χ1n) is 12.9. The maximum absolute atomic E-state index is 13.2. The van der Waals surface area contributed by atoms with Gasteiger partial charge in [0.15, 0.2) is 11.5 Å². The molecule has 0 amide bonds. The molecule has 41 heavy (non-hydrogen) atoms. The molecule has 5 rings (SSSR count). The molecule has 11 nitrogen and oxygen atoms in total. The average Bonchev–Trinajstić information content (AvgIpc) is 3.62. The summed E-state index contributed by atoms with van der Waals surface area (Å²) in [5.41, 5.74) is -1.11. The lowest BCUT2D eigenvalue weighted by molar-refractivity contribution is -0.275. The van der Waals surface area contributed by atoms with E-state index in [0.717, 1.165) is 31.0 Å². The molecule has 15 heteroatoms. The van der Waals surface area contributed by atoms with E-state index in [4.69, 9.17) is 18.9 Å². The Kier molecular flexibility index (Phi) is 7.47. The van der Waals surface area contributed by atoms with E-state index in [1.807, 2.05) is 0 Å². The standard InChI is InChI=1S/C26H27F3O11S/c1-2-25(7-3-4-8-25)39-17-11-13(5-6-16(17)40-26(27,28)29)22(30)37-20-14-12-15-19(24(32)38-21(15)20)18(14)23(31)36-9-10-41(33,34)35/h2,5-6,11,14-15,18-21H,1,3-4,7-10,12H2,(H,33,34,35)/p-1. The maximum atomic E-state index is 13.2. The second-order valence-corrected chi connectivity index (χ2v) is 12.1. The number of halogens is 3. The van der Waals surface area contributed by atoms with Gasteiger partial charge in [-0.2, -0.15) is 0 Å². The summed E-state index contributed by atoms with van der Waals surface area (Å²) in [6, 6.07) is 3.07. The number of carbonyl (C=O) groups is 3. The summed E-state index contributed by atoms with van der Waals surface area (Å²) >= 11 is 0. The molecule has 0 spiro atoms. The number of hydrogen-bond acceptors (Lipinski definition) is 11. The lowest BCUT2D eigenvalue weighted by atomic mass is 9.78. The zero-order valence-electron chi connectivity index (χ0n) is 21.5. The molecule has 6 unspecified atom stereocenters. The Balaban J connectivity index is 1.35. The lowest BCUT2D eigenvalue weighted by Crippen LogP contribution is -2.44. The van der Waals surface area contributed by atoms with Gasteiger partial charge in [0.25, 0.3) is 0 Å². The van der Waals surface area contributed by atoms with Gasteiger partial charge in [-0.1, -0.05) is 6.58 Å². The van der Waals surface area contributed by atoms with E-state index in [2.05, 4.69) is 11.3 Å². The molecular formula is C26H26F3O11S-. The molecule has 0 N–H and O–H groups in total. The van der Waals surface area contributed by atoms with Crippen LogP contribution in [0, 0.1) is 23.7 Å². The average molecular weight is 604 g/mol. The van der Waals surface area contributed by atoms with Crippen LogP contribution in [0.1, 0.15) is 42.5 Å². The zero-order chi connectivity index (χ0) is 29.7. The Morgan fingerprint density at radius 2 is 1.88 bits per heavy atom. The van der Waals surface area contributed by atoms with Crippen LogP contribution in [0.4, 0.5) is 13.2 Å². The number of esters is 3. The zero-order valence-corrected chi connectivity index (χ0v) is 22.3. The van der Waals surface area contributed by atoms with Crippen molar-refractivity contribution >= 4 is 28.0 Å². The molecule has 1 saturated heterocycles. The van der Waals surface area contributed by atoms with Crippen molar-refractivity contribution < 1.29 is 64.2 Å². The number of carbonyl (C=O) groups excluding carboxylic acids is 3. The van der Waals surface area contributed by atoms with Crippen molar-refractivity contribution in [1.29, 1.82) is 0 Å². The molecular weight excluding hydrogens is 577 g/mol. The highest BCUT2D eigenvalue weighted by atomic mass is 32.2. The van der Waals surface area contributed by atoms with Crippen LogP contribution in [0.15, 0.2) is 30.9 Å². The normalized spacial score (nSPS) is 29.6. The quantitative estimate of drug-likeness (QED) is 0.168. The van der Waals surface area contributed by atoms with Gasteiger partial charge in [0.1, 0.15) is 24.4 Å². The van der Waals surface area contributed by atoms with E-state index >= 15 is 0 Å². The molecule has 224 valence electrons. The largest absolute Gasteiger partial charge is 0.748 e. The lowest BCUT2D eigenvalue weighted by Gasteiger charge is -2.30. The molecule has 3 saturated carbocycles. The molecule has 1 heterocycles. The monoisotopic (exact) mass is 603 g/mol. The summed E-state index contributed by atoms with van der Waals surface area (Å²) in [6.45, 7) is 3.04. The van der Waals surface area contributed by atoms with Crippen molar-refractivity contribution in [2.45, 2.75) is 56.3 Å². The molecule has 4 fully saturated rings. The third-order valence-electron chi connectivity index (χ3n) is 8.18. The number of ether oxygens (including phenoxy) is 5. The van der Waals surface area contributed by atoms with Gasteiger partial charge in [0, 0.05) is 11.8 Å². The second-order valence-electron chi connectivity index (χ2n) is 10.6. The van der Waals surface area contributed by atoms with Gasteiger partial charge >= 0.3 is 24.3 Å². The molecule has 1 aromatic rings. The van der Waals surface area contributed by atoms with E-state index in [1.54, 1.807) is 0 Å². The van der Waals surface area contributed by atoms with Gasteiger partial charge < -0.3 is 28.2 Å². The van der Waals surface area contributed by atoms with Crippen molar-refractivity contribution in [3.05, 3.63) is 36.4 Å². The van der Waals surface area contributed by atoms with Crippen LogP contribution in [-0.2, 0) is 33.9 Å². The van der Waals surface area contributed by atoms with Gasteiger partial charge in [-0.3, -0.25) is 9.59 Å². The number of fused-ring (bicyclic) bond motifs is 1. The van der Waals surface area contributed by atoms with Crippen LogP contribution >= 0.6 is 0 Å². The van der Waals surface area contributed by atoms with Crippen LogP contribution in [0.5, 0.6) is 11.5 Å². The molecule has 0 aromatic heterocycles. The maximum Gasteiger partial charge on any atom is 0.573 e. The van der Waals surface area contributed by atoms with Crippen molar-refractivity contribution in [1.82, 2.24) is 0 Å². The van der Waals surface area contributed by atoms with E-state index < -0.39 is 94.0 Å². The Morgan fingerprint density at radius 1 is 1.17 bits per heavy atom. The van der Waals surface area contributed by atoms with Crippen LogP contribution in [0.3, 0.4) is 0 Å². The summed E-state index contributed by atoms with van der Waals surface area (Å²) in [7, 11) is -4.64.